The number of aliphatic hydroxyl groups is 1. The average molecular weight is 569 g/mol. The standard InChI is InChI=1S/C32H33FN6O3/c1-20-13-23(16-37(4)31(20)40)22-7-10-27-26(14-22)30(36-29(35-27)24-15-34-38(17-24)19-32(2,3)41)39-11-12-42-18-28(39)21-5-8-25(33)9-6-21/h5-10,13-17,28,41H,11-12,18-19H2,1-4H3. The summed E-state index contributed by atoms with van der Waals surface area (Å²) in [5.74, 6) is 0.942. The molecule has 1 N–H and O–H groups in total. The predicted molar refractivity (Wildman–Crippen MR) is 160 cm³/mol. The van der Waals surface area contributed by atoms with Crippen LogP contribution in [0.5, 0.6) is 0 Å². The summed E-state index contributed by atoms with van der Waals surface area (Å²) in [6.07, 6.45) is 5.37. The maximum absolute atomic E-state index is 13.8. The van der Waals surface area contributed by atoms with Crippen LogP contribution in [0.1, 0.15) is 31.0 Å². The largest absolute Gasteiger partial charge is 0.389 e. The highest BCUT2D eigenvalue weighted by Crippen LogP contribution is 2.36. The highest BCUT2D eigenvalue weighted by atomic mass is 19.1. The summed E-state index contributed by atoms with van der Waals surface area (Å²) < 4.78 is 23.0. The molecule has 0 aliphatic carbocycles. The van der Waals surface area contributed by atoms with E-state index in [2.05, 4.69) is 16.1 Å². The first kappa shape index (κ1) is 27.7. The molecule has 0 bridgehead atoms. The highest BCUT2D eigenvalue weighted by molar-refractivity contribution is 5.94. The first-order valence-corrected chi connectivity index (χ1v) is 13.9. The van der Waals surface area contributed by atoms with Crippen LogP contribution in [-0.4, -0.2) is 54.8 Å². The van der Waals surface area contributed by atoms with Crippen LogP contribution in [0.25, 0.3) is 33.4 Å². The van der Waals surface area contributed by atoms with E-state index in [-0.39, 0.29) is 17.4 Å². The Morgan fingerprint density at radius 3 is 2.57 bits per heavy atom. The first-order valence-electron chi connectivity index (χ1n) is 13.9. The van der Waals surface area contributed by atoms with Crippen LogP contribution < -0.4 is 10.5 Å². The molecule has 5 aromatic rings. The van der Waals surface area contributed by atoms with Crippen LogP contribution in [0.2, 0.25) is 0 Å². The minimum atomic E-state index is -0.926. The van der Waals surface area contributed by atoms with Gasteiger partial charge in [0.1, 0.15) is 11.6 Å². The number of morpholine rings is 1. The van der Waals surface area contributed by atoms with Crippen LogP contribution in [0, 0.1) is 12.7 Å². The van der Waals surface area contributed by atoms with Gasteiger partial charge in [0.25, 0.3) is 5.56 Å². The summed E-state index contributed by atoms with van der Waals surface area (Å²) in [6, 6.07) is 14.2. The number of aromatic nitrogens is 5. The molecule has 1 atom stereocenters. The number of ether oxygens (including phenoxy) is 1. The summed E-state index contributed by atoms with van der Waals surface area (Å²) in [6.45, 7) is 7.12. The third-order valence-electron chi connectivity index (χ3n) is 7.47. The number of nitrogens with zero attached hydrogens (tertiary/aromatic N) is 6. The molecule has 1 aliphatic rings. The Hall–Kier alpha value is -4.41. The number of hydrogen-bond donors (Lipinski definition) is 1. The summed E-state index contributed by atoms with van der Waals surface area (Å²) in [7, 11) is 1.75. The van der Waals surface area contributed by atoms with Gasteiger partial charge in [0.05, 0.1) is 48.7 Å². The van der Waals surface area contributed by atoms with Crippen molar-refractivity contribution in [2.75, 3.05) is 24.7 Å². The number of benzene rings is 2. The van der Waals surface area contributed by atoms with Crippen molar-refractivity contribution in [1.29, 1.82) is 0 Å². The molecule has 0 radical (unpaired) electrons. The van der Waals surface area contributed by atoms with Crippen molar-refractivity contribution in [3.63, 3.8) is 0 Å². The minimum absolute atomic E-state index is 0.0335. The second-order valence-electron chi connectivity index (χ2n) is 11.5. The normalized spacial score (nSPS) is 15.9. The van der Waals surface area contributed by atoms with E-state index in [0.717, 1.165) is 39.0 Å². The molecule has 0 amide bonds. The fraction of sp³-hybridized carbons (Fsp3) is 0.312. The van der Waals surface area contributed by atoms with Gasteiger partial charge in [-0.05, 0) is 67.8 Å². The molecule has 9 nitrogen and oxygen atoms in total. The molecule has 1 saturated heterocycles. The lowest BCUT2D eigenvalue weighted by Gasteiger charge is -2.37. The van der Waals surface area contributed by atoms with Gasteiger partial charge in [-0.25, -0.2) is 14.4 Å². The molecule has 216 valence electrons. The third kappa shape index (κ3) is 5.55. The van der Waals surface area contributed by atoms with Gasteiger partial charge < -0.3 is 19.3 Å². The van der Waals surface area contributed by atoms with Crippen molar-refractivity contribution in [3.8, 4) is 22.5 Å². The third-order valence-corrected chi connectivity index (χ3v) is 7.47. The zero-order valence-electron chi connectivity index (χ0n) is 24.1. The van der Waals surface area contributed by atoms with E-state index < -0.39 is 5.60 Å². The Morgan fingerprint density at radius 1 is 1.05 bits per heavy atom. The van der Waals surface area contributed by atoms with Gasteiger partial charge in [-0.15, -0.1) is 0 Å². The van der Waals surface area contributed by atoms with E-state index in [9.17, 15) is 14.3 Å². The molecule has 0 saturated carbocycles. The molecule has 1 fully saturated rings. The first-order chi connectivity index (χ1) is 20.1. The van der Waals surface area contributed by atoms with Gasteiger partial charge in [0.15, 0.2) is 5.82 Å². The van der Waals surface area contributed by atoms with Crippen molar-refractivity contribution in [3.05, 3.63) is 94.4 Å². The maximum Gasteiger partial charge on any atom is 0.253 e. The summed E-state index contributed by atoms with van der Waals surface area (Å²) in [4.78, 5) is 24.6. The predicted octanol–water partition coefficient (Wildman–Crippen LogP) is 4.66. The lowest BCUT2D eigenvalue weighted by atomic mass is 10.0. The van der Waals surface area contributed by atoms with Crippen LogP contribution in [-0.2, 0) is 18.3 Å². The Labute approximate surface area is 242 Å². The van der Waals surface area contributed by atoms with Crippen LogP contribution in [0.15, 0.2) is 71.9 Å². The fourth-order valence-electron chi connectivity index (χ4n) is 5.46. The van der Waals surface area contributed by atoms with Gasteiger partial charge in [-0.2, -0.15) is 5.10 Å². The summed E-state index contributed by atoms with van der Waals surface area (Å²) in [5, 5.41) is 15.6. The molecule has 42 heavy (non-hydrogen) atoms. The number of hydrogen-bond acceptors (Lipinski definition) is 7. The number of pyridine rings is 1. The van der Waals surface area contributed by atoms with E-state index in [1.807, 2.05) is 37.5 Å². The maximum atomic E-state index is 13.8. The number of halogens is 1. The molecule has 1 aliphatic heterocycles. The van der Waals surface area contributed by atoms with E-state index in [4.69, 9.17) is 14.7 Å². The van der Waals surface area contributed by atoms with Crippen LogP contribution >= 0.6 is 0 Å². The SMILES string of the molecule is Cc1cc(-c2ccc3nc(-c4cnn(CC(C)(C)O)c4)nc(N4CCOCC4c4ccc(F)cc4)c3c2)cn(C)c1=O. The average Bonchev–Trinajstić information content (AvgIpc) is 3.42. The molecule has 4 heterocycles. The van der Waals surface area contributed by atoms with E-state index in [1.54, 1.807) is 48.5 Å². The number of fused-ring (bicyclic) bond motifs is 1. The van der Waals surface area contributed by atoms with E-state index in [0.29, 0.717) is 37.7 Å². The van der Waals surface area contributed by atoms with Crippen molar-refractivity contribution < 1.29 is 14.2 Å². The van der Waals surface area contributed by atoms with Gasteiger partial charge in [-0.3, -0.25) is 9.48 Å². The second kappa shape index (κ2) is 10.8. The lowest BCUT2D eigenvalue weighted by molar-refractivity contribution is 0.0577. The van der Waals surface area contributed by atoms with Gasteiger partial charge >= 0.3 is 0 Å². The quantitative estimate of drug-likeness (QED) is 0.318. The molecule has 3 aromatic heterocycles. The zero-order valence-corrected chi connectivity index (χ0v) is 24.1. The van der Waals surface area contributed by atoms with E-state index >= 15 is 0 Å². The van der Waals surface area contributed by atoms with E-state index in [1.165, 1.54) is 12.1 Å². The Kier molecular flexibility index (Phi) is 7.12. The number of aryl methyl sites for hydroxylation is 2. The highest BCUT2D eigenvalue weighted by Gasteiger charge is 2.28. The molecule has 6 rings (SSSR count). The van der Waals surface area contributed by atoms with Gasteiger partial charge in [0, 0.05) is 36.9 Å². The van der Waals surface area contributed by atoms with Crippen LogP contribution in [0.3, 0.4) is 0 Å². The Bertz CT molecular complexity index is 1800. The Balaban J connectivity index is 1.52. The van der Waals surface area contributed by atoms with Crippen molar-refractivity contribution in [1.82, 2.24) is 24.3 Å². The molecular weight excluding hydrogens is 535 g/mol. The van der Waals surface area contributed by atoms with Gasteiger partial charge in [0.2, 0.25) is 0 Å². The second-order valence-corrected chi connectivity index (χ2v) is 11.5. The van der Waals surface area contributed by atoms with Gasteiger partial charge in [-0.1, -0.05) is 18.2 Å². The number of anilines is 1. The summed E-state index contributed by atoms with van der Waals surface area (Å²) in [5.41, 5.74) is 3.95. The Morgan fingerprint density at radius 2 is 1.83 bits per heavy atom. The van der Waals surface area contributed by atoms with Crippen molar-refractivity contribution >= 4 is 16.7 Å². The van der Waals surface area contributed by atoms with Crippen molar-refractivity contribution in [2.24, 2.45) is 7.05 Å². The topological polar surface area (TPSA) is 98.3 Å². The molecule has 2 aromatic carbocycles. The lowest BCUT2D eigenvalue weighted by Crippen LogP contribution is -2.40. The molecular formula is C32H33FN6O3. The zero-order chi connectivity index (χ0) is 29.6. The molecule has 10 heteroatoms. The fourth-order valence-corrected chi connectivity index (χ4v) is 5.46. The number of rotatable bonds is 6. The smallest absolute Gasteiger partial charge is 0.253 e. The van der Waals surface area contributed by atoms with Crippen molar-refractivity contribution in [2.45, 2.75) is 39.0 Å². The monoisotopic (exact) mass is 568 g/mol. The molecule has 1 unspecified atom stereocenters. The summed E-state index contributed by atoms with van der Waals surface area (Å²) >= 11 is 0. The minimum Gasteiger partial charge on any atom is -0.389 e. The molecule has 0 spiro atoms. The van der Waals surface area contributed by atoms with Crippen LogP contribution in [0.4, 0.5) is 10.2 Å².